The van der Waals surface area contributed by atoms with Crippen LogP contribution in [-0.2, 0) is 4.79 Å². The monoisotopic (exact) mass is 208 g/mol. The highest BCUT2D eigenvalue weighted by Gasteiger charge is 2.44. The molecule has 0 unspecified atom stereocenters. The molecule has 0 radical (unpaired) electrons. The van der Waals surface area contributed by atoms with Crippen LogP contribution in [0.4, 0.5) is 0 Å². The maximum absolute atomic E-state index is 11.8. The summed E-state index contributed by atoms with van der Waals surface area (Å²) in [7, 11) is 0. The van der Waals surface area contributed by atoms with Crippen LogP contribution in [0.25, 0.3) is 0 Å². The van der Waals surface area contributed by atoms with E-state index in [0.29, 0.717) is 17.6 Å². The van der Waals surface area contributed by atoms with Crippen LogP contribution in [0.3, 0.4) is 0 Å². The largest absolute Gasteiger partial charge is 0.299 e. The second-order valence-electron chi connectivity index (χ2n) is 6.29. The van der Waals surface area contributed by atoms with Gasteiger partial charge in [0.25, 0.3) is 0 Å². The Labute approximate surface area is 93.9 Å². The van der Waals surface area contributed by atoms with Crippen LogP contribution in [0.1, 0.15) is 48.0 Å². The zero-order valence-electron chi connectivity index (χ0n) is 10.9. The van der Waals surface area contributed by atoms with E-state index in [2.05, 4.69) is 46.8 Å². The molecule has 1 heteroatoms. The van der Waals surface area contributed by atoms with Gasteiger partial charge in [-0.2, -0.15) is 0 Å². The maximum atomic E-state index is 11.8. The summed E-state index contributed by atoms with van der Waals surface area (Å²) >= 11 is 0. The van der Waals surface area contributed by atoms with E-state index in [4.69, 9.17) is 0 Å². The molecule has 3 atom stereocenters. The maximum Gasteiger partial charge on any atom is 0.136 e. The molecule has 1 rings (SSSR count). The second-order valence-corrected chi connectivity index (χ2v) is 6.29. The molecule has 0 aromatic rings. The molecule has 0 fully saturated rings. The third-order valence-corrected chi connectivity index (χ3v) is 4.23. The van der Waals surface area contributed by atoms with Gasteiger partial charge in [-0.1, -0.05) is 46.8 Å². The van der Waals surface area contributed by atoms with Crippen molar-refractivity contribution in [1.29, 1.82) is 0 Å². The van der Waals surface area contributed by atoms with E-state index in [9.17, 15) is 4.79 Å². The molecule has 0 N–H and O–H groups in total. The minimum absolute atomic E-state index is 0.160. The van der Waals surface area contributed by atoms with Crippen molar-refractivity contribution in [2.45, 2.75) is 48.0 Å². The third kappa shape index (κ3) is 2.16. The van der Waals surface area contributed by atoms with Crippen LogP contribution in [0.5, 0.6) is 0 Å². The summed E-state index contributed by atoms with van der Waals surface area (Å²) in [6.45, 7) is 12.8. The summed E-state index contributed by atoms with van der Waals surface area (Å²) in [5, 5.41) is 0. The summed E-state index contributed by atoms with van der Waals surface area (Å²) in [6.07, 6.45) is 5.39. The van der Waals surface area contributed by atoms with Gasteiger partial charge in [-0.05, 0) is 30.6 Å². The van der Waals surface area contributed by atoms with Crippen LogP contribution in [-0.4, -0.2) is 5.78 Å². The first-order valence-corrected chi connectivity index (χ1v) is 5.87. The van der Waals surface area contributed by atoms with Crippen molar-refractivity contribution < 1.29 is 4.79 Å². The van der Waals surface area contributed by atoms with Gasteiger partial charge in [-0.15, -0.1) is 0 Å². The minimum Gasteiger partial charge on any atom is -0.299 e. The van der Waals surface area contributed by atoms with Crippen molar-refractivity contribution in [2.75, 3.05) is 0 Å². The second kappa shape index (κ2) is 3.77. The lowest BCUT2D eigenvalue weighted by Gasteiger charge is -2.45. The predicted octanol–water partition coefficient (Wildman–Crippen LogP) is 3.84. The number of carbonyl (C=O) groups is 1. The summed E-state index contributed by atoms with van der Waals surface area (Å²) < 4.78 is 0. The fraction of sp³-hybridized carbons (Fsp3) is 0.786. The van der Waals surface area contributed by atoms with E-state index in [1.54, 1.807) is 6.92 Å². The van der Waals surface area contributed by atoms with Crippen molar-refractivity contribution in [1.82, 2.24) is 0 Å². The zero-order chi connectivity index (χ0) is 11.9. The molecule has 0 aromatic heterocycles. The van der Waals surface area contributed by atoms with Gasteiger partial charge in [0, 0.05) is 5.41 Å². The van der Waals surface area contributed by atoms with Crippen molar-refractivity contribution in [2.24, 2.45) is 22.7 Å². The van der Waals surface area contributed by atoms with Crippen LogP contribution < -0.4 is 0 Å². The average Bonchev–Trinajstić information content (AvgIpc) is 2.07. The van der Waals surface area contributed by atoms with E-state index < -0.39 is 0 Å². The number of hydrogen-bond acceptors (Lipinski definition) is 1. The predicted molar refractivity (Wildman–Crippen MR) is 64.7 cm³/mol. The van der Waals surface area contributed by atoms with Gasteiger partial charge in [-0.3, -0.25) is 4.79 Å². The van der Waals surface area contributed by atoms with Crippen LogP contribution >= 0.6 is 0 Å². The molecule has 1 nitrogen and oxygen atoms in total. The Hall–Kier alpha value is -0.590. The first-order valence-electron chi connectivity index (χ1n) is 5.87. The fourth-order valence-electron chi connectivity index (χ4n) is 2.71. The van der Waals surface area contributed by atoms with Gasteiger partial charge >= 0.3 is 0 Å². The van der Waals surface area contributed by atoms with Crippen LogP contribution in [0, 0.1) is 22.7 Å². The summed E-state index contributed by atoms with van der Waals surface area (Å²) in [4.78, 5) is 11.8. The lowest BCUT2D eigenvalue weighted by atomic mass is 9.58. The van der Waals surface area contributed by atoms with Crippen molar-refractivity contribution >= 4 is 5.78 Å². The van der Waals surface area contributed by atoms with Crippen molar-refractivity contribution in [3.63, 3.8) is 0 Å². The highest BCUT2D eigenvalue weighted by molar-refractivity contribution is 5.82. The Morgan fingerprint density at radius 3 is 2.33 bits per heavy atom. The Morgan fingerprint density at radius 2 is 1.93 bits per heavy atom. The Balaban J connectivity index is 3.04. The molecule has 0 aromatic carbocycles. The topological polar surface area (TPSA) is 17.1 Å². The van der Waals surface area contributed by atoms with Crippen LogP contribution in [0.15, 0.2) is 12.2 Å². The van der Waals surface area contributed by atoms with Gasteiger partial charge in [-0.25, -0.2) is 0 Å². The Bertz CT molecular complexity index is 282. The molecular weight excluding hydrogens is 184 g/mol. The third-order valence-electron chi connectivity index (χ3n) is 4.23. The lowest BCUT2D eigenvalue weighted by molar-refractivity contribution is -0.130. The molecular formula is C14H24O. The minimum atomic E-state index is -0.160. The summed E-state index contributed by atoms with van der Waals surface area (Å²) in [5.41, 5.74) is 0.0831. The highest BCUT2D eigenvalue weighted by atomic mass is 16.1. The number of hydrogen-bond donors (Lipinski definition) is 0. The Morgan fingerprint density at radius 1 is 1.40 bits per heavy atom. The molecule has 15 heavy (non-hydrogen) atoms. The first kappa shape index (κ1) is 12.5. The molecule has 1 aliphatic rings. The number of rotatable bonds is 1. The van der Waals surface area contributed by atoms with Crippen molar-refractivity contribution in [3.8, 4) is 0 Å². The number of allylic oxidation sites excluding steroid dienone is 2. The van der Waals surface area contributed by atoms with Gasteiger partial charge < -0.3 is 0 Å². The van der Waals surface area contributed by atoms with Gasteiger partial charge in [0.1, 0.15) is 5.78 Å². The number of Topliss-reactive ketones (excluding diaryl/α,β-unsaturated/α-hetero) is 1. The quantitative estimate of drug-likeness (QED) is 0.598. The van der Waals surface area contributed by atoms with E-state index in [0.717, 1.165) is 6.42 Å². The smallest absolute Gasteiger partial charge is 0.136 e. The molecule has 86 valence electrons. The summed E-state index contributed by atoms with van der Waals surface area (Å²) in [6, 6.07) is 0. The zero-order valence-corrected chi connectivity index (χ0v) is 10.9. The molecule has 0 aliphatic heterocycles. The number of ketones is 1. The molecule has 0 saturated heterocycles. The molecule has 0 spiro atoms. The van der Waals surface area contributed by atoms with Crippen molar-refractivity contribution in [3.05, 3.63) is 12.2 Å². The molecule has 0 amide bonds. The van der Waals surface area contributed by atoms with Gasteiger partial charge in [0.15, 0.2) is 0 Å². The Kier molecular flexibility index (Phi) is 3.14. The normalized spacial score (nSPS) is 36.7. The van der Waals surface area contributed by atoms with Gasteiger partial charge in [0.05, 0.1) is 0 Å². The first-order chi connectivity index (χ1) is 6.69. The SMILES string of the molecule is CC(=O)[C@]1(C)CC=C[C@H](C(C)(C)C)[C@H]1C. The summed E-state index contributed by atoms with van der Waals surface area (Å²) in [5.74, 6) is 1.26. The van der Waals surface area contributed by atoms with Gasteiger partial charge in [0.2, 0.25) is 0 Å². The van der Waals surface area contributed by atoms with Crippen LogP contribution in [0.2, 0.25) is 0 Å². The molecule has 0 heterocycles. The molecule has 0 bridgehead atoms. The standard InChI is InChI=1S/C14H24O/c1-10-12(13(3,4)5)8-7-9-14(10,6)11(2)15/h7-8,10,12H,9H2,1-6H3/t10-,12+,14-/m1/s1. The number of carbonyl (C=O) groups excluding carboxylic acids is 1. The molecule has 1 aliphatic carbocycles. The van der Waals surface area contributed by atoms with E-state index >= 15 is 0 Å². The average molecular weight is 208 g/mol. The van der Waals surface area contributed by atoms with E-state index in [1.807, 2.05) is 0 Å². The highest BCUT2D eigenvalue weighted by Crippen LogP contribution is 2.47. The van der Waals surface area contributed by atoms with E-state index in [-0.39, 0.29) is 10.8 Å². The lowest BCUT2D eigenvalue weighted by Crippen LogP contribution is -2.42. The van der Waals surface area contributed by atoms with E-state index in [1.165, 1.54) is 0 Å². The molecule has 0 saturated carbocycles. The fourth-order valence-corrected chi connectivity index (χ4v) is 2.71.